The van der Waals surface area contributed by atoms with Crippen LogP contribution in [0.3, 0.4) is 0 Å². The number of hydrogen-bond donors (Lipinski definition) is 3. The number of nitrogens with zero attached hydrogens (tertiary/aromatic N) is 2. The molecule has 0 aliphatic rings. The van der Waals surface area contributed by atoms with Gasteiger partial charge in [-0.25, -0.2) is 4.79 Å². The van der Waals surface area contributed by atoms with Gasteiger partial charge >= 0.3 is 17.8 Å². The van der Waals surface area contributed by atoms with E-state index in [0.717, 1.165) is 5.56 Å². The lowest BCUT2D eigenvalue weighted by molar-refractivity contribution is 0.0964. The number of urea groups is 1. The molecular formula is C19H18ClN5O4. The lowest BCUT2D eigenvalue weighted by Gasteiger charge is -2.16. The third kappa shape index (κ3) is 5.45. The van der Waals surface area contributed by atoms with E-state index in [1.807, 2.05) is 12.1 Å². The number of halogens is 1. The molecule has 1 aromatic heterocycles. The third-order valence-corrected chi connectivity index (χ3v) is 4.21. The molecular weight excluding hydrogens is 398 g/mol. The lowest BCUT2D eigenvalue weighted by atomic mass is 10.1. The van der Waals surface area contributed by atoms with Gasteiger partial charge in [0, 0.05) is 17.1 Å². The van der Waals surface area contributed by atoms with E-state index in [1.54, 1.807) is 43.5 Å². The van der Waals surface area contributed by atoms with Crippen molar-refractivity contribution >= 4 is 29.2 Å². The second-order valence-corrected chi connectivity index (χ2v) is 6.46. The number of primary amides is 1. The summed E-state index contributed by atoms with van der Waals surface area (Å²) in [5.41, 5.74) is 6.60. The molecule has 0 fully saturated rings. The van der Waals surface area contributed by atoms with Gasteiger partial charge < -0.3 is 25.5 Å². The van der Waals surface area contributed by atoms with Crippen LogP contribution >= 0.6 is 11.6 Å². The Kier molecular flexibility index (Phi) is 6.30. The molecule has 3 aromatic rings. The Morgan fingerprint density at radius 2 is 1.83 bits per heavy atom. The van der Waals surface area contributed by atoms with E-state index >= 15 is 0 Å². The number of aromatic nitrogens is 2. The summed E-state index contributed by atoms with van der Waals surface area (Å²) in [7, 11) is 1.57. The van der Waals surface area contributed by atoms with Crippen LogP contribution in [0.5, 0.6) is 5.75 Å². The van der Waals surface area contributed by atoms with E-state index in [2.05, 4.69) is 20.8 Å². The van der Waals surface area contributed by atoms with Crippen molar-refractivity contribution in [3.8, 4) is 5.75 Å². The minimum Gasteiger partial charge on any atom is -0.497 e. The number of carbonyl (C=O) groups excluding carboxylic acids is 2. The number of nitrogens with one attached hydrogen (secondary N) is 2. The molecule has 0 bridgehead atoms. The normalized spacial score (nSPS) is 11.5. The number of amides is 3. The minimum atomic E-state index is -0.849. The highest BCUT2D eigenvalue weighted by atomic mass is 35.5. The summed E-state index contributed by atoms with van der Waals surface area (Å²) in [5, 5.41) is 13.5. The molecule has 1 unspecified atom stereocenters. The molecule has 0 aliphatic heterocycles. The average Bonchev–Trinajstić information content (AvgIpc) is 3.20. The maximum atomic E-state index is 12.5. The van der Waals surface area contributed by atoms with Crippen LogP contribution in [0.4, 0.5) is 10.5 Å². The van der Waals surface area contributed by atoms with Gasteiger partial charge in [-0.1, -0.05) is 23.7 Å². The first-order chi connectivity index (χ1) is 13.9. The molecule has 1 atom stereocenters. The van der Waals surface area contributed by atoms with Gasteiger partial charge in [-0.3, -0.25) is 4.79 Å². The quantitative estimate of drug-likeness (QED) is 0.543. The van der Waals surface area contributed by atoms with Crippen LogP contribution in [0.25, 0.3) is 0 Å². The number of rotatable bonds is 7. The Bertz CT molecular complexity index is 989. The van der Waals surface area contributed by atoms with Gasteiger partial charge in [-0.15, -0.1) is 10.2 Å². The molecule has 0 aliphatic carbocycles. The second-order valence-electron chi connectivity index (χ2n) is 6.02. The fourth-order valence-corrected chi connectivity index (χ4v) is 2.66. The molecule has 29 heavy (non-hydrogen) atoms. The Morgan fingerprint density at radius 1 is 1.14 bits per heavy atom. The molecule has 4 N–H and O–H groups in total. The zero-order chi connectivity index (χ0) is 20.8. The van der Waals surface area contributed by atoms with Crippen LogP contribution in [0.15, 0.2) is 52.9 Å². The van der Waals surface area contributed by atoms with Crippen LogP contribution in [-0.4, -0.2) is 29.2 Å². The maximum Gasteiger partial charge on any atom is 0.319 e. The van der Waals surface area contributed by atoms with E-state index in [0.29, 0.717) is 22.9 Å². The van der Waals surface area contributed by atoms with Crippen molar-refractivity contribution in [1.82, 2.24) is 15.5 Å². The first kappa shape index (κ1) is 20.2. The number of anilines is 1. The molecule has 0 radical (unpaired) electrons. The lowest BCUT2D eigenvalue weighted by Crippen LogP contribution is -2.34. The largest absolute Gasteiger partial charge is 0.497 e. The summed E-state index contributed by atoms with van der Waals surface area (Å²) in [6.45, 7) is 0. The van der Waals surface area contributed by atoms with Crippen LogP contribution in [0.1, 0.15) is 28.2 Å². The van der Waals surface area contributed by atoms with E-state index in [4.69, 9.17) is 26.5 Å². The zero-order valence-electron chi connectivity index (χ0n) is 15.4. The summed E-state index contributed by atoms with van der Waals surface area (Å²) in [6, 6.07) is 12.7. The van der Waals surface area contributed by atoms with Gasteiger partial charge in [0.15, 0.2) is 0 Å². The highest BCUT2D eigenvalue weighted by Crippen LogP contribution is 2.20. The Morgan fingerprint density at radius 3 is 2.41 bits per heavy atom. The standard InChI is InChI=1S/C19H18ClN5O4/c1-28-14-8-2-11(3-9-14)10-15(17-24-25-18(29-17)16(21)26)23-19(27)22-13-6-4-12(20)5-7-13/h2-9,15H,10H2,1H3,(H2,21,26)(H2,22,23,27). The van der Waals surface area contributed by atoms with E-state index < -0.39 is 18.0 Å². The first-order valence-electron chi connectivity index (χ1n) is 8.54. The first-order valence-corrected chi connectivity index (χ1v) is 8.91. The van der Waals surface area contributed by atoms with Crippen LogP contribution in [0.2, 0.25) is 5.02 Å². The maximum absolute atomic E-state index is 12.5. The number of nitrogens with two attached hydrogens (primary N) is 1. The monoisotopic (exact) mass is 415 g/mol. The molecule has 9 nitrogen and oxygen atoms in total. The van der Waals surface area contributed by atoms with Crippen molar-refractivity contribution in [1.29, 1.82) is 0 Å². The molecule has 0 saturated carbocycles. The van der Waals surface area contributed by atoms with Crippen molar-refractivity contribution in [3.05, 3.63) is 70.9 Å². The van der Waals surface area contributed by atoms with E-state index in [9.17, 15) is 9.59 Å². The molecule has 2 aromatic carbocycles. The number of carbonyl (C=O) groups is 2. The number of ether oxygens (including phenoxy) is 1. The predicted molar refractivity (Wildman–Crippen MR) is 106 cm³/mol. The van der Waals surface area contributed by atoms with Gasteiger partial charge in [0.1, 0.15) is 11.8 Å². The highest BCUT2D eigenvalue weighted by molar-refractivity contribution is 6.30. The molecule has 3 amide bonds. The van der Waals surface area contributed by atoms with Crippen molar-refractivity contribution in [2.75, 3.05) is 12.4 Å². The molecule has 0 saturated heterocycles. The number of methoxy groups -OCH3 is 1. The smallest absolute Gasteiger partial charge is 0.319 e. The van der Waals surface area contributed by atoms with Gasteiger partial charge in [0.2, 0.25) is 5.89 Å². The Balaban J connectivity index is 1.77. The van der Waals surface area contributed by atoms with E-state index in [1.165, 1.54) is 0 Å². The van der Waals surface area contributed by atoms with E-state index in [-0.39, 0.29) is 11.8 Å². The topological polar surface area (TPSA) is 132 Å². The third-order valence-electron chi connectivity index (χ3n) is 3.96. The highest BCUT2D eigenvalue weighted by Gasteiger charge is 2.23. The summed E-state index contributed by atoms with van der Waals surface area (Å²) >= 11 is 5.85. The predicted octanol–water partition coefficient (Wildman–Crippen LogP) is 2.94. The summed E-state index contributed by atoms with van der Waals surface area (Å²) in [4.78, 5) is 23.7. The molecule has 150 valence electrons. The fourth-order valence-electron chi connectivity index (χ4n) is 2.53. The van der Waals surface area contributed by atoms with Gasteiger partial charge in [-0.2, -0.15) is 0 Å². The second kappa shape index (κ2) is 9.07. The van der Waals surface area contributed by atoms with Crippen molar-refractivity contribution < 1.29 is 18.7 Å². The van der Waals surface area contributed by atoms with Gasteiger partial charge in [0.05, 0.1) is 7.11 Å². The summed E-state index contributed by atoms with van der Waals surface area (Å²) in [6.07, 6.45) is 0.332. The SMILES string of the molecule is COc1ccc(CC(NC(=O)Nc2ccc(Cl)cc2)c2nnc(C(N)=O)o2)cc1. The summed E-state index contributed by atoms with van der Waals surface area (Å²) in [5.74, 6) is -0.425. The zero-order valence-corrected chi connectivity index (χ0v) is 16.1. The van der Waals surface area contributed by atoms with Crippen LogP contribution in [-0.2, 0) is 6.42 Å². The van der Waals surface area contributed by atoms with Crippen molar-refractivity contribution in [2.24, 2.45) is 5.73 Å². The van der Waals surface area contributed by atoms with Crippen LogP contribution in [0, 0.1) is 0 Å². The molecule has 0 spiro atoms. The van der Waals surface area contributed by atoms with Gasteiger partial charge in [-0.05, 0) is 42.0 Å². The molecule has 1 heterocycles. The molecule has 3 rings (SSSR count). The Labute approximate surface area is 171 Å². The van der Waals surface area contributed by atoms with Crippen molar-refractivity contribution in [2.45, 2.75) is 12.5 Å². The number of benzene rings is 2. The summed E-state index contributed by atoms with van der Waals surface area (Å²) < 4.78 is 10.5. The Hall–Kier alpha value is -3.59. The molecule has 10 heteroatoms. The van der Waals surface area contributed by atoms with Gasteiger partial charge in [0.25, 0.3) is 0 Å². The van der Waals surface area contributed by atoms with Crippen molar-refractivity contribution in [3.63, 3.8) is 0 Å². The van der Waals surface area contributed by atoms with Crippen LogP contribution < -0.4 is 21.1 Å². The average molecular weight is 416 g/mol. The number of hydrogen-bond acceptors (Lipinski definition) is 6. The minimum absolute atomic E-state index is 0.0564. The fraction of sp³-hybridized carbons (Fsp3) is 0.158.